The van der Waals surface area contributed by atoms with Crippen LogP contribution < -0.4 is 5.32 Å². The SMILES string of the molecule is Cc1c(C(=O)Nc2nc(-c3cccc(F)c3)cs2)cc([N+](=O)[O-])cc1[N+](=O)[O-]. The van der Waals surface area contributed by atoms with Gasteiger partial charge in [-0.05, 0) is 19.1 Å². The largest absolute Gasteiger partial charge is 0.298 e. The molecular formula is C17H11FN4O5S. The van der Waals surface area contributed by atoms with Crippen LogP contribution in [0.15, 0.2) is 41.8 Å². The Morgan fingerprint density at radius 3 is 2.57 bits per heavy atom. The van der Waals surface area contributed by atoms with Crippen molar-refractivity contribution in [3.8, 4) is 11.3 Å². The van der Waals surface area contributed by atoms with Crippen molar-refractivity contribution in [1.82, 2.24) is 4.98 Å². The zero-order chi connectivity index (χ0) is 20.4. The molecule has 0 saturated carbocycles. The third-order valence-corrected chi connectivity index (χ3v) is 4.62. The number of benzene rings is 2. The molecule has 0 fully saturated rings. The number of aromatic nitrogens is 1. The van der Waals surface area contributed by atoms with Crippen molar-refractivity contribution in [3.05, 3.63) is 79.0 Å². The lowest BCUT2D eigenvalue weighted by atomic mass is 10.0. The van der Waals surface area contributed by atoms with E-state index in [-0.39, 0.29) is 16.3 Å². The molecule has 28 heavy (non-hydrogen) atoms. The molecule has 0 unspecified atom stereocenters. The smallest absolute Gasteiger partial charge is 0.279 e. The van der Waals surface area contributed by atoms with E-state index in [1.165, 1.54) is 25.1 Å². The maximum atomic E-state index is 13.3. The van der Waals surface area contributed by atoms with Crippen molar-refractivity contribution in [1.29, 1.82) is 0 Å². The molecule has 0 bridgehead atoms. The highest BCUT2D eigenvalue weighted by Gasteiger charge is 2.25. The number of nitro benzene ring substituents is 2. The number of rotatable bonds is 5. The molecule has 1 heterocycles. The Morgan fingerprint density at radius 2 is 1.93 bits per heavy atom. The molecule has 0 aliphatic carbocycles. The molecular weight excluding hydrogens is 391 g/mol. The summed E-state index contributed by atoms with van der Waals surface area (Å²) in [6.45, 7) is 1.33. The summed E-state index contributed by atoms with van der Waals surface area (Å²) < 4.78 is 13.3. The lowest BCUT2D eigenvalue weighted by Gasteiger charge is -2.06. The first kappa shape index (κ1) is 19.0. The van der Waals surface area contributed by atoms with Crippen LogP contribution in [0.1, 0.15) is 15.9 Å². The molecule has 0 aliphatic heterocycles. The molecule has 0 radical (unpaired) electrons. The maximum absolute atomic E-state index is 13.3. The molecule has 142 valence electrons. The van der Waals surface area contributed by atoms with Gasteiger partial charge in [0.15, 0.2) is 5.13 Å². The monoisotopic (exact) mass is 402 g/mol. The number of thiazole rings is 1. The first-order chi connectivity index (χ1) is 13.3. The number of nitro groups is 2. The minimum Gasteiger partial charge on any atom is -0.298 e. The third kappa shape index (κ3) is 3.83. The van der Waals surface area contributed by atoms with Gasteiger partial charge >= 0.3 is 0 Å². The van der Waals surface area contributed by atoms with E-state index in [1.807, 2.05) is 0 Å². The van der Waals surface area contributed by atoms with Gasteiger partial charge in [0.25, 0.3) is 17.3 Å². The summed E-state index contributed by atoms with van der Waals surface area (Å²) in [6, 6.07) is 7.52. The normalized spacial score (nSPS) is 10.5. The lowest BCUT2D eigenvalue weighted by molar-refractivity contribution is -0.394. The Kier molecular flexibility index (Phi) is 5.09. The van der Waals surface area contributed by atoms with E-state index in [1.54, 1.807) is 11.4 Å². The highest BCUT2D eigenvalue weighted by atomic mass is 32.1. The number of halogens is 1. The maximum Gasteiger partial charge on any atom is 0.279 e. The molecule has 1 amide bonds. The Morgan fingerprint density at radius 1 is 1.18 bits per heavy atom. The molecule has 9 nitrogen and oxygen atoms in total. The van der Waals surface area contributed by atoms with Crippen molar-refractivity contribution >= 4 is 33.8 Å². The summed E-state index contributed by atoms with van der Waals surface area (Å²) in [4.78, 5) is 37.3. The molecule has 11 heteroatoms. The summed E-state index contributed by atoms with van der Waals surface area (Å²) in [7, 11) is 0. The van der Waals surface area contributed by atoms with E-state index in [0.717, 1.165) is 23.5 Å². The molecule has 3 rings (SSSR count). The van der Waals surface area contributed by atoms with E-state index >= 15 is 0 Å². The summed E-state index contributed by atoms with van der Waals surface area (Å²) in [5, 5.41) is 26.4. The number of amides is 1. The van der Waals surface area contributed by atoms with E-state index in [9.17, 15) is 29.4 Å². The van der Waals surface area contributed by atoms with Crippen LogP contribution in [0.25, 0.3) is 11.3 Å². The number of non-ortho nitro benzene ring substituents is 1. The first-order valence-corrected chi connectivity index (χ1v) is 8.60. The summed E-state index contributed by atoms with van der Waals surface area (Å²) in [5.41, 5.74) is -0.361. The van der Waals surface area contributed by atoms with Crippen LogP contribution in [0.2, 0.25) is 0 Å². The standard InChI is InChI=1S/C17H11FN4O5S/c1-9-13(6-12(21(24)25)7-15(9)22(26)27)16(23)20-17-19-14(8-28-17)10-3-2-4-11(18)5-10/h2-8H,1H3,(H,19,20,23). The third-order valence-electron chi connectivity index (χ3n) is 3.86. The second kappa shape index (κ2) is 7.48. The van der Waals surface area contributed by atoms with Crippen LogP contribution in [-0.2, 0) is 0 Å². The molecule has 2 aromatic carbocycles. The van der Waals surface area contributed by atoms with Gasteiger partial charge in [0.1, 0.15) is 5.82 Å². The van der Waals surface area contributed by atoms with E-state index in [2.05, 4.69) is 10.3 Å². The van der Waals surface area contributed by atoms with E-state index in [4.69, 9.17) is 0 Å². The quantitative estimate of drug-likeness (QED) is 0.500. The van der Waals surface area contributed by atoms with Gasteiger partial charge < -0.3 is 0 Å². The lowest BCUT2D eigenvalue weighted by Crippen LogP contribution is -2.14. The number of nitrogens with one attached hydrogen (secondary N) is 1. The van der Waals surface area contributed by atoms with Crippen molar-refractivity contribution in [2.24, 2.45) is 0 Å². The van der Waals surface area contributed by atoms with Crippen LogP contribution in [0, 0.1) is 33.0 Å². The van der Waals surface area contributed by atoms with Gasteiger partial charge in [-0.25, -0.2) is 9.37 Å². The van der Waals surface area contributed by atoms with Crippen LogP contribution >= 0.6 is 11.3 Å². The molecule has 1 aromatic heterocycles. The molecule has 3 aromatic rings. The molecule has 0 atom stereocenters. The number of hydrogen-bond acceptors (Lipinski definition) is 7. The number of carbonyl (C=O) groups excluding carboxylic acids is 1. The summed E-state index contributed by atoms with van der Waals surface area (Å²) in [5.74, 6) is -1.21. The van der Waals surface area contributed by atoms with Crippen molar-refractivity contribution in [2.45, 2.75) is 6.92 Å². The van der Waals surface area contributed by atoms with Gasteiger partial charge in [0.2, 0.25) is 0 Å². The number of nitrogens with zero attached hydrogens (tertiary/aromatic N) is 3. The summed E-state index contributed by atoms with van der Waals surface area (Å²) >= 11 is 1.07. The highest BCUT2D eigenvalue weighted by molar-refractivity contribution is 7.14. The first-order valence-electron chi connectivity index (χ1n) is 7.72. The summed E-state index contributed by atoms with van der Waals surface area (Å²) in [6.07, 6.45) is 0. The van der Waals surface area contributed by atoms with Crippen LogP contribution in [0.5, 0.6) is 0 Å². The van der Waals surface area contributed by atoms with Gasteiger partial charge in [-0.2, -0.15) is 0 Å². The van der Waals surface area contributed by atoms with Gasteiger partial charge in [0, 0.05) is 22.6 Å². The topological polar surface area (TPSA) is 128 Å². The fraction of sp³-hybridized carbons (Fsp3) is 0.0588. The van der Waals surface area contributed by atoms with Crippen LogP contribution in [-0.4, -0.2) is 20.7 Å². The van der Waals surface area contributed by atoms with Gasteiger partial charge in [-0.3, -0.25) is 30.3 Å². The number of hydrogen-bond donors (Lipinski definition) is 1. The van der Waals surface area contributed by atoms with Crippen molar-refractivity contribution in [2.75, 3.05) is 5.32 Å². The zero-order valence-corrected chi connectivity index (χ0v) is 15.0. The number of anilines is 1. The minimum atomic E-state index is -0.811. The average molecular weight is 402 g/mol. The highest BCUT2D eigenvalue weighted by Crippen LogP contribution is 2.30. The Hall–Kier alpha value is -3.73. The Labute approximate surface area is 160 Å². The average Bonchev–Trinajstić information content (AvgIpc) is 3.09. The second-order valence-corrected chi connectivity index (χ2v) is 6.51. The van der Waals surface area contributed by atoms with Gasteiger partial charge in [0.05, 0.1) is 27.2 Å². The predicted octanol–water partition coefficient (Wildman–Crippen LogP) is 4.33. The molecule has 0 spiro atoms. The van der Waals surface area contributed by atoms with Crippen molar-refractivity contribution < 1.29 is 19.0 Å². The molecule has 0 aliphatic rings. The molecule has 0 saturated heterocycles. The Balaban J connectivity index is 1.91. The predicted molar refractivity (Wildman–Crippen MR) is 99.9 cm³/mol. The van der Waals surface area contributed by atoms with Gasteiger partial charge in [-0.1, -0.05) is 12.1 Å². The second-order valence-electron chi connectivity index (χ2n) is 5.65. The van der Waals surface area contributed by atoms with Crippen molar-refractivity contribution in [3.63, 3.8) is 0 Å². The number of carbonyl (C=O) groups is 1. The van der Waals surface area contributed by atoms with Gasteiger partial charge in [-0.15, -0.1) is 11.3 Å². The van der Waals surface area contributed by atoms with E-state index < -0.39 is 32.9 Å². The Bertz CT molecular complexity index is 1110. The zero-order valence-electron chi connectivity index (χ0n) is 14.2. The van der Waals surface area contributed by atoms with E-state index in [0.29, 0.717) is 11.3 Å². The minimum absolute atomic E-state index is 0.00462. The fourth-order valence-electron chi connectivity index (χ4n) is 2.49. The van der Waals surface area contributed by atoms with Crippen LogP contribution in [0.3, 0.4) is 0 Å². The molecule has 1 N–H and O–H groups in total. The van der Waals surface area contributed by atoms with Crippen LogP contribution in [0.4, 0.5) is 20.9 Å². The fourth-order valence-corrected chi connectivity index (χ4v) is 3.21.